The van der Waals surface area contributed by atoms with Crippen LogP contribution >= 0.6 is 11.8 Å². The van der Waals surface area contributed by atoms with Crippen molar-refractivity contribution in [1.82, 2.24) is 9.47 Å². The molecule has 6 heteroatoms. The first-order valence-corrected chi connectivity index (χ1v) is 9.17. The average Bonchev–Trinajstić information content (AvgIpc) is 3.05. The molecule has 0 unspecified atom stereocenters. The molecule has 26 heavy (non-hydrogen) atoms. The van der Waals surface area contributed by atoms with Gasteiger partial charge in [0.05, 0.1) is 17.7 Å². The first-order chi connectivity index (χ1) is 12.4. The average molecular weight is 369 g/mol. The Morgan fingerprint density at radius 1 is 1.19 bits per heavy atom. The van der Waals surface area contributed by atoms with Gasteiger partial charge in [0, 0.05) is 25.5 Å². The number of nitrogens with zero attached hydrogens (tertiary/aromatic N) is 3. The summed E-state index contributed by atoms with van der Waals surface area (Å²) < 4.78 is 7.72. The Kier molecular flexibility index (Phi) is 4.96. The van der Waals surface area contributed by atoms with Crippen molar-refractivity contribution < 1.29 is 9.53 Å². The lowest BCUT2D eigenvalue weighted by Gasteiger charge is -2.14. The fourth-order valence-electron chi connectivity index (χ4n) is 3.17. The van der Waals surface area contributed by atoms with Crippen LogP contribution in [0.3, 0.4) is 0 Å². The van der Waals surface area contributed by atoms with E-state index in [9.17, 15) is 4.79 Å². The van der Waals surface area contributed by atoms with E-state index < -0.39 is 0 Å². The van der Waals surface area contributed by atoms with Crippen molar-refractivity contribution in [3.05, 3.63) is 51.7 Å². The molecule has 0 N–H and O–H groups in total. The Morgan fingerprint density at radius 2 is 1.92 bits per heavy atom. The molecule has 2 aromatic rings. The van der Waals surface area contributed by atoms with Crippen LogP contribution in [0.4, 0.5) is 0 Å². The Labute approximate surface area is 158 Å². The van der Waals surface area contributed by atoms with Crippen molar-refractivity contribution in [1.29, 1.82) is 0 Å². The molecule has 1 aromatic heterocycles. The van der Waals surface area contributed by atoms with E-state index in [4.69, 9.17) is 4.74 Å². The molecule has 136 valence electrons. The maximum absolute atomic E-state index is 12.4. The van der Waals surface area contributed by atoms with Crippen molar-refractivity contribution in [3.8, 4) is 11.4 Å². The zero-order valence-electron chi connectivity index (χ0n) is 16.0. The number of methoxy groups -OCH3 is 1. The minimum atomic E-state index is -0.0199. The van der Waals surface area contributed by atoms with E-state index in [0.717, 1.165) is 33.6 Å². The molecule has 0 spiro atoms. The molecule has 0 radical (unpaired) electrons. The minimum absolute atomic E-state index is 0.0199. The summed E-state index contributed by atoms with van der Waals surface area (Å²) in [5.74, 6) is 0.802. The van der Waals surface area contributed by atoms with E-state index in [1.54, 1.807) is 26.1 Å². The highest BCUT2D eigenvalue weighted by Crippen LogP contribution is 2.34. The second kappa shape index (κ2) is 7.03. The first kappa shape index (κ1) is 18.3. The van der Waals surface area contributed by atoms with E-state index in [-0.39, 0.29) is 5.91 Å². The van der Waals surface area contributed by atoms with Gasteiger partial charge >= 0.3 is 0 Å². The van der Waals surface area contributed by atoms with Crippen LogP contribution in [0.5, 0.6) is 5.75 Å². The number of thioether (sulfide) groups is 1. The molecule has 2 heterocycles. The predicted molar refractivity (Wildman–Crippen MR) is 108 cm³/mol. The lowest BCUT2D eigenvalue weighted by atomic mass is 10.2. The highest BCUT2D eigenvalue weighted by atomic mass is 32.2. The molecule has 1 fully saturated rings. The normalized spacial score (nSPS) is 17.6. The monoisotopic (exact) mass is 369 g/mol. The third kappa shape index (κ3) is 3.05. The maximum Gasteiger partial charge on any atom is 0.266 e. The van der Waals surface area contributed by atoms with Crippen LogP contribution in [0.2, 0.25) is 0 Å². The van der Waals surface area contributed by atoms with Gasteiger partial charge in [-0.15, -0.1) is 0 Å². The fraction of sp³-hybridized carbons (Fsp3) is 0.300. The predicted octanol–water partition coefficient (Wildman–Crippen LogP) is 3.94. The number of carbonyl (C=O) groups is 1. The number of aliphatic imine (C=N–C) groups is 1. The molecule has 1 saturated heterocycles. The van der Waals surface area contributed by atoms with Gasteiger partial charge in [0.2, 0.25) is 0 Å². The van der Waals surface area contributed by atoms with Crippen molar-refractivity contribution in [2.24, 2.45) is 4.99 Å². The second-order valence-corrected chi connectivity index (χ2v) is 7.33. The standard InChI is InChI=1S/C20H23N3O2S/c1-12-7-8-17(25-6)16(9-12)23-13(2)10-15(14(23)3)11-18-19(24)22(5)20(21-4)26-18/h7-11H,1-6H3/b18-11-,21-20?. The van der Waals surface area contributed by atoms with Crippen LogP contribution < -0.4 is 4.74 Å². The lowest BCUT2D eigenvalue weighted by molar-refractivity contribution is -0.121. The summed E-state index contributed by atoms with van der Waals surface area (Å²) in [5, 5.41) is 0.718. The van der Waals surface area contributed by atoms with Gasteiger partial charge in [-0.1, -0.05) is 6.07 Å². The summed E-state index contributed by atoms with van der Waals surface area (Å²) in [6, 6.07) is 8.23. The smallest absolute Gasteiger partial charge is 0.266 e. The number of ether oxygens (including phenoxy) is 1. The summed E-state index contributed by atoms with van der Waals surface area (Å²) in [4.78, 5) is 18.9. The Balaban J connectivity index is 2.10. The number of aromatic nitrogens is 1. The zero-order valence-corrected chi connectivity index (χ0v) is 16.8. The van der Waals surface area contributed by atoms with Crippen molar-refractivity contribution in [3.63, 3.8) is 0 Å². The van der Waals surface area contributed by atoms with Gasteiger partial charge in [-0.05, 0) is 67.9 Å². The van der Waals surface area contributed by atoms with Gasteiger partial charge in [-0.2, -0.15) is 0 Å². The van der Waals surface area contributed by atoms with Crippen LogP contribution in [-0.2, 0) is 4.79 Å². The van der Waals surface area contributed by atoms with Gasteiger partial charge < -0.3 is 9.30 Å². The summed E-state index contributed by atoms with van der Waals surface area (Å²) in [6.45, 7) is 6.19. The number of aryl methyl sites for hydroxylation is 2. The number of amidine groups is 1. The largest absolute Gasteiger partial charge is 0.495 e. The Morgan fingerprint density at radius 3 is 2.54 bits per heavy atom. The molecular weight excluding hydrogens is 346 g/mol. The molecule has 1 aromatic carbocycles. The zero-order chi connectivity index (χ0) is 19.0. The minimum Gasteiger partial charge on any atom is -0.495 e. The molecule has 1 aliphatic heterocycles. The summed E-state index contributed by atoms with van der Waals surface area (Å²) in [6.07, 6.45) is 1.95. The molecule has 0 saturated carbocycles. The molecule has 0 aliphatic carbocycles. The van der Waals surface area contributed by atoms with E-state index >= 15 is 0 Å². The molecule has 5 nitrogen and oxygen atoms in total. The third-order valence-electron chi connectivity index (χ3n) is 4.53. The number of hydrogen-bond acceptors (Lipinski definition) is 4. The van der Waals surface area contributed by atoms with Crippen LogP contribution in [0.25, 0.3) is 11.8 Å². The molecule has 3 rings (SSSR count). The molecule has 0 bridgehead atoms. The summed E-state index contributed by atoms with van der Waals surface area (Å²) in [7, 11) is 5.13. The third-order valence-corrected chi connectivity index (χ3v) is 5.68. The first-order valence-electron chi connectivity index (χ1n) is 8.35. The van der Waals surface area contributed by atoms with E-state index in [1.807, 2.05) is 18.2 Å². The SMILES string of the molecule is CN=C1S/C(=C\c2cc(C)n(-c3cc(C)ccc3OC)c2C)C(=O)N1C. The molecule has 0 atom stereocenters. The number of rotatable bonds is 3. The highest BCUT2D eigenvalue weighted by molar-refractivity contribution is 8.18. The maximum atomic E-state index is 12.4. The van der Waals surface area contributed by atoms with Crippen molar-refractivity contribution >= 4 is 28.9 Å². The van der Waals surface area contributed by atoms with Gasteiger partial charge in [-0.3, -0.25) is 14.7 Å². The summed E-state index contributed by atoms with van der Waals surface area (Å²) in [5.41, 5.74) is 5.35. The number of likely N-dealkylation sites (N-methyl/N-ethyl adjacent to an activating group) is 1. The topological polar surface area (TPSA) is 46.8 Å². The van der Waals surface area contributed by atoms with Gasteiger partial charge in [-0.25, -0.2) is 0 Å². The van der Waals surface area contributed by atoms with E-state index in [2.05, 4.69) is 42.5 Å². The van der Waals surface area contributed by atoms with Crippen molar-refractivity contribution in [2.45, 2.75) is 20.8 Å². The van der Waals surface area contributed by atoms with Gasteiger partial charge in [0.1, 0.15) is 5.75 Å². The van der Waals surface area contributed by atoms with E-state index in [1.165, 1.54) is 17.3 Å². The Bertz CT molecular complexity index is 941. The van der Waals surface area contributed by atoms with Crippen LogP contribution in [-0.4, -0.2) is 41.7 Å². The van der Waals surface area contributed by atoms with Gasteiger partial charge in [0.15, 0.2) is 5.17 Å². The quantitative estimate of drug-likeness (QED) is 0.770. The molecule has 1 amide bonds. The van der Waals surface area contributed by atoms with E-state index in [0.29, 0.717) is 4.91 Å². The van der Waals surface area contributed by atoms with Gasteiger partial charge in [0.25, 0.3) is 5.91 Å². The van der Waals surface area contributed by atoms with Crippen molar-refractivity contribution in [2.75, 3.05) is 21.2 Å². The Hall–Kier alpha value is -2.47. The van der Waals surface area contributed by atoms with Crippen LogP contribution in [0, 0.1) is 20.8 Å². The number of amides is 1. The molecular formula is C20H23N3O2S. The molecule has 1 aliphatic rings. The summed E-state index contributed by atoms with van der Waals surface area (Å²) >= 11 is 1.40. The number of carbonyl (C=O) groups excluding carboxylic acids is 1. The second-order valence-electron chi connectivity index (χ2n) is 6.32. The number of benzene rings is 1. The highest BCUT2D eigenvalue weighted by Gasteiger charge is 2.30. The lowest BCUT2D eigenvalue weighted by Crippen LogP contribution is -2.23. The number of hydrogen-bond donors (Lipinski definition) is 0. The van der Waals surface area contributed by atoms with Crippen LogP contribution in [0.1, 0.15) is 22.5 Å². The van der Waals surface area contributed by atoms with Crippen LogP contribution in [0.15, 0.2) is 34.2 Å². The fourth-order valence-corrected chi connectivity index (χ4v) is 4.09.